The molecule has 0 aliphatic carbocycles. The number of benzene rings is 3. The molecule has 146 valence electrons. The van der Waals surface area contributed by atoms with Crippen LogP contribution in [0.4, 0.5) is 0 Å². The number of carbonyl (C=O) groups is 1. The van der Waals surface area contributed by atoms with Crippen molar-refractivity contribution >= 4 is 28.1 Å². The van der Waals surface area contributed by atoms with E-state index in [2.05, 4.69) is 26.5 Å². The van der Waals surface area contributed by atoms with Crippen molar-refractivity contribution in [1.82, 2.24) is 5.43 Å². The summed E-state index contributed by atoms with van der Waals surface area (Å²) in [5.41, 5.74) is 4.72. The maximum absolute atomic E-state index is 12.6. The number of halogens is 1. The number of hydrogen-bond donors (Lipinski definition) is 1. The molecule has 6 nitrogen and oxygen atoms in total. The third kappa shape index (κ3) is 4.57. The lowest BCUT2D eigenvalue weighted by atomic mass is 10.2. The molecule has 0 spiro atoms. The van der Waals surface area contributed by atoms with E-state index in [-0.39, 0.29) is 12.7 Å². The summed E-state index contributed by atoms with van der Waals surface area (Å²) in [6.45, 7) is 0.567. The van der Waals surface area contributed by atoms with E-state index in [4.69, 9.17) is 14.2 Å². The zero-order valence-corrected chi connectivity index (χ0v) is 16.9. The number of nitrogens with zero attached hydrogens (tertiary/aromatic N) is 1. The predicted octanol–water partition coefficient (Wildman–Crippen LogP) is 4.52. The number of hydrazone groups is 1. The van der Waals surface area contributed by atoms with E-state index in [1.807, 2.05) is 36.4 Å². The minimum Gasteiger partial charge on any atom is -0.488 e. The van der Waals surface area contributed by atoms with Gasteiger partial charge >= 0.3 is 0 Å². The van der Waals surface area contributed by atoms with Crippen molar-refractivity contribution in [2.45, 2.75) is 6.61 Å². The van der Waals surface area contributed by atoms with Gasteiger partial charge in [0.15, 0.2) is 11.5 Å². The Morgan fingerprint density at radius 1 is 1.07 bits per heavy atom. The van der Waals surface area contributed by atoms with Gasteiger partial charge in [0.2, 0.25) is 6.79 Å². The zero-order valence-electron chi connectivity index (χ0n) is 15.3. The topological polar surface area (TPSA) is 69.2 Å². The molecule has 0 fully saturated rings. The van der Waals surface area contributed by atoms with Crippen LogP contribution in [0.1, 0.15) is 21.5 Å². The Hall–Kier alpha value is -3.32. The van der Waals surface area contributed by atoms with Crippen LogP contribution < -0.4 is 19.6 Å². The second-order valence-corrected chi connectivity index (χ2v) is 7.05. The summed E-state index contributed by atoms with van der Waals surface area (Å²) >= 11 is 3.46. The second kappa shape index (κ2) is 8.79. The zero-order chi connectivity index (χ0) is 20.1. The lowest BCUT2D eigenvalue weighted by Gasteiger charge is -2.10. The van der Waals surface area contributed by atoms with Crippen LogP contribution in [0, 0.1) is 0 Å². The van der Waals surface area contributed by atoms with Gasteiger partial charge in [0.25, 0.3) is 5.91 Å². The van der Waals surface area contributed by atoms with Gasteiger partial charge in [-0.3, -0.25) is 4.79 Å². The Morgan fingerprint density at radius 3 is 2.62 bits per heavy atom. The van der Waals surface area contributed by atoms with Gasteiger partial charge in [0, 0.05) is 10.0 Å². The fraction of sp³-hybridized carbons (Fsp3) is 0.0909. The molecule has 0 saturated heterocycles. The average Bonchev–Trinajstić information content (AvgIpc) is 3.20. The van der Waals surface area contributed by atoms with Crippen LogP contribution in [0.15, 0.2) is 76.3 Å². The molecule has 1 heterocycles. The Bertz CT molecular complexity index is 1050. The van der Waals surface area contributed by atoms with Crippen LogP contribution in [0.2, 0.25) is 0 Å². The molecule has 3 aromatic carbocycles. The van der Waals surface area contributed by atoms with Crippen LogP contribution >= 0.6 is 15.9 Å². The molecule has 0 saturated carbocycles. The molecule has 0 aromatic heterocycles. The Balaban J connectivity index is 1.43. The lowest BCUT2D eigenvalue weighted by Crippen LogP contribution is -2.18. The molecule has 1 aliphatic rings. The molecule has 1 N–H and O–H groups in total. The van der Waals surface area contributed by atoms with Crippen molar-refractivity contribution in [1.29, 1.82) is 0 Å². The Labute approximate surface area is 176 Å². The monoisotopic (exact) mass is 452 g/mol. The molecule has 1 amide bonds. The maximum Gasteiger partial charge on any atom is 0.275 e. The molecule has 3 aromatic rings. The van der Waals surface area contributed by atoms with E-state index in [0.717, 1.165) is 15.6 Å². The number of nitrogens with one attached hydrogen (secondary N) is 1. The van der Waals surface area contributed by atoms with Gasteiger partial charge in [-0.2, -0.15) is 5.10 Å². The van der Waals surface area contributed by atoms with Crippen molar-refractivity contribution in [3.63, 3.8) is 0 Å². The number of fused-ring (bicyclic) bond motifs is 1. The van der Waals surface area contributed by atoms with E-state index >= 15 is 0 Å². The normalized spacial score (nSPS) is 12.2. The fourth-order valence-electron chi connectivity index (χ4n) is 2.77. The highest BCUT2D eigenvalue weighted by molar-refractivity contribution is 9.10. The molecule has 0 atom stereocenters. The van der Waals surface area contributed by atoms with Crippen LogP contribution in [-0.2, 0) is 6.61 Å². The van der Waals surface area contributed by atoms with Gasteiger partial charge in [-0.25, -0.2) is 5.43 Å². The third-order valence-electron chi connectivity index (χ3n) is 4.23. The highest BCUT2D eigenvalue weighted by Gasteiger charge is 2.16. The lowest BCUT2D eigenvalue weighted by molar-refractivity contribution is 0.0950. The quantitative estimate of drug-likeness (QED) is 0.440. The molecule has 1 aliphatic heterocycles. The summed E-state index contributed by atoms with van der Waals surface area (Å²) in [6, 6.07) is 20.4. The minimum atomic E-state index is -0.359. The van der Waals surface area contributed by atoms with Crippen molar-refractivity contribution < 1.29 is 19.0 Å². The largest absolute Gasteiger partial charge is 0.488 e. The number of amides is 1. The highest BCUT2D eigenvalue weighted by atomic mass is 79.9. The van der Waals surface area contributed by atoms with Crippen LogP contribution in [-0.4, -0.2) is 18.9 Å². The van der Waals surface area contributed by atoms with Crippen LogP contribution in [0.5, 0.6) is 17.2 Å². The van der Waals surface area contributed by atoms with E-state index < -0.39 is 0 Å². The summed E-state index contributed by atoms with van der Waals surface area (Å²) in [6.07, 6.45) is 1.54. The van der Waals surface area contributed by atoms with E-state index in [9.17, 15) is 4.79 Å². The predicted molar refractivity (Wildman–Crippen MR) is 113 cm³/mol. The van der Waals surface area contributed by atoms with E-state index in [1.54, 1.807) is 30.3 Å². The minimum absolute atomic E-state index is 0.193. The number of para-hydroxylation sites is 1. The Kier molecular flexibility index (Phi) is 5.76. The smallest absolute Gasteiger partial charge is 0.275 e. The first-order valence-electron chi connectivity index (χ1n) is 8.89. The van der Waals surface area contributed by atoms with Gasteiger partial charge in [0.05, 0.1) is 11.8 Å². The van der Waals surface area contributed by atoms with Crippen molar-refractivity contribution in [3.8, 4) is 17.2 Å². The summed E-state index contributed by atoms with van der Waals surface area (Å²) < 4.78 is 17.3. The van der Waals surface area contributed by atoms with Crippen LogP contribution in [0.25, 0.3) is 0 Å². The van der Waals surface area contributed by atoms with Crippen LogP contribution in [0.3, 0.4) is 0 Å². The maximum atomic E-state index is 12.6. The third-order valence-corrected chi connectivity index (χ3v) is 4.92. The van der Waals surface area contributed by atoms with Crippen molar-refractivity contribution in [2.24, 2.45) is 5.10 Å². The molecule has 4 rings (SSSR count). The summed E-state index contributed by atoms with van der Waals surface area (Å²) in [5, 5.41) is 4.06. The molecule has 7 heteroatoms. The molecule has 0 unspecified atom stereocenters. The van der Waals surface area contributed by atoms with Gasteiger partial charge in [-0.15, -0.1) is 0 Å². The summed E-state index contributed by atoms with van der Waals surface area (Å²) in [5.74, 6) is 1.44. The summed E-state index contributed by atoms with van der Waals surface area (Å²) in [4.78, 5) is 12.6. The van der Waals surface area contributed by atoms with E-state index in [0.29, 0.717) is 29.4 Å². The number of hydrogen-bond acceptors (Lipinski definition) is 5. The highest BCUT2D eigenvalue weighted by Crippen LogP contribution is 2.36. The molecule has 29 heavy (non-hydrogen) atoms. The second-order valence-electron chi connectivity index (χ2n) is 6.20. The van der Waals surface area contributed by atoms with Crippen molar-refractivity contribution in [2.75, 3.05) is 6.79 Å². The SMILES string of the molecule is O=C(N/N=C/c1cc2c(cc1Br)OCO2)c1ccccc1OCc1ccccc1. The van der Waals surface area contributed by atoms with Crippen molar-refractivity contribution in [3.05, 3.63) is 87.9 Å². The first-order chi connectivity index (χ1) is 14.2. The molecule has 0 bridgehead atoms. The number of carbonyl (C=O) groups excluding carboxylic acids is 1. The number of rotatable bonds is 6. The number of ether oxygens (including phenoxy) is 3. The first-order valence-corrected chi connectivity index (χ1v) is 9.68. The molecular formula is C22H17BrN2O4. The summed E-state index contributed by atoms with van der Waals surface area (Å²) in [7, 11) is 0. The first kappa shape index (κ1) is 19.0. The van der Waals surface area contributed by atoms with Gasteiger partial charge in [-0.05, 0) is 45.8 Å². The molecular weight excluding hydrogens is 436 g/mol. The van der Waals surface area contributed by atoms with E-state index in [1.165, 1.54) is 6.21 Å². The van der Waals surface area contributed by atoms with Gasteiger partial charge < -0.3 is 14.2 Å². The Morgan fingerprint density at radius 2 is 1.79 bits per heavy atom. The standard InChI is InChI=1S/C22H17BrN2O4/c23-18-11-21-20(28-14-29-21)10-16(18)12-24-25-22(26)17-8-4-5-9-19(17)27-13-15-6-2-1-3-7-15/h1-12H,13-14H2,(H,25,26)/b24-12+. The van der Waals surface area contributed by atoms with Gasteiger partial charge in [-0.1, -0.05) is 42.5 Å². The average molecular weight is 453 g/mol. The van der Waals surface area contributed by atoms with Gasteiger partial charge in [0.1, 0.15) is 12.4 Å². The fourth-order valence-corrected chi connectivity index (χ4v) is 3.19. The molecule has 0 radical (unpaired) electrons.